The molecule has 2 aliphatic rings. The minimum atomic E-state index is -0.351. The van der Waals surface area contributed by atoms with Crippen LogP contribution in [0.15, 0.2) is 0 Å². The van der Waals surface area contributed by atoms with Crippen LogP contribution >= 0.6 is 23.5 Å². The number of carbonyl (C=O) groups is 2. The van der Waals surface area contributed by atoms with E-state index in [9.17, 15) is 9.59 Å². The first kappa shape index (κ1) is 15.0. The molecular weight excluding hydrogens is 280 g/mol. The molecule has 0 radical (unpaired) electrons. The fraction of sp³-hybridized carbons (Fsp3) is 0.846. The summed E-state index contributed by atoms with van der Waals surface area (Å²) >= 11 is 3.92. The lowest BCUT2D eigenvalue weighted by atomic mass is 10.0. The number of rotatable bonds is 3. The van der Waals surface area contributed by atoms with E-state index in [2.05, 4.69) is 5.32 Å². The third kappa shape index (κ3) is 4.05. The van der Waals surface area contributed by atoms with Crippen molar-refractivity contribution in [2.75, 3.05) is 30.3 Å². The number of amides is 2. The molecule has 0 aromatic heterocycles. The summed E-state index contributed by atoms with van der Waals surface area (Å²) in [5.74, 6) is 3.73. The topological polar surface area (TPSA) is 49.4 Å². The Balaban J connectivity index is 2.01. The molecule has 108 valence electrons. The zero-order valence-electron chi connectivity index (χ0n) is 11.6. The zero-order valence-corrected chi connectivity index (χ0v) is 13.2. The second-order valence-electron chi connectivity index (χ2n) is 5.39. The molecule has 0 aromatic rings. The first-order valence-corrected chi connectivity index (χ1v) is 9.05. The van der Waals surface area contributed by atoms with Gasteiger partial charge in [0, 0.05) is 42.0 Å². The Morgan fingerprint density at radius 3 is 2.79 bits per heavy atom. The fourth-order valence-corrected chi connectivity index (χ4v) is 5.06. The third-order valence-corrected chi connectivity index (χ3v) is 6.31. The van der Waals surface area contributed by atoms with Crippen molar-refractivity contribution in [2.24, 2.45) is 5.92 Å². The van der Waals surface area contributed by atoms with Crippen LogP contribution in [0.25, 0.3) is 0 Å². The van der Waals surface area contributed by atoms with E-state index < -0.39 is 0 Å². The number of nitrogens with zero attached hydrogens (tertiary/aromatic N) is 1. The second-order valence-corrected chi connectivity index (χ2v) is 7.95. The van der Waals surface area contributed by atoms with Crippen LogP contribution in [0, 0.1) is 5.92 Å². The Labute approximate surface area is 123 Å². The van der Waals surface area contributed by atoms with E-state index in [1.807, 2.05) is 42.3 Å². The standard InChI is InChI=1S/C13H22N2O2S2/c1-9(2)12-13(17)15(4-3-11(16)14-12)7-10-8-18-5-6-19-10/h9-10,12H,3-8H2,1-2H3,(H,14,16). The first-order chi connectivity index (χ1) is 9.08. The molecule has 2 saturated heterocycles. The van der Waals surface area contributed by atoms with Gasteiger partial charge in [-0.15, -0.1) is 0 Å². The molecule has 0 spiro atoms. The van der Waals surface area contributed by atoms with Gasteiger partial charge in [-0.25, -0.2) is 0 Å². The van der Waals surface area contributed by atoms with Crippen molar-refractivity contribution < 1.29 is 9.59 Å². The van der Waals surface area contributed by atoms with E-state index in [0.29, 0.717) is 18.2 Å². The number of thioether (sulfide) groups is 2. The van der Waals surface area contributed by atoms with Crippen LogP contribution in [-0.4, -0.2) is 58.4 Å². The summed E-state index contributed by atoms with van der Waals surface area (Å²) in [5.41, 5.74) is 0. The van der Waals surface area contributed by atoms with Crippen molar-refractivity contribution in [3.63, 3.8) is 0 Å². The largest absolute Gasteiger partial charge is 0.344 e. The number of carbonyl (C=O) groups excluding carboxylic acids is 2. The van der Waals surface area contributed by atoms with Crippen LogP contribution in [-0.2, 0) is 9.59 Å². The quantitative estimate of drug-likeness (QED) is 0.851. The highest BCUT2D eigenvalue weighted by atomic mass is 32.2. The minimum absolute atomic E-state index is 0.000206. The summed E-state index contributed by atoms with van der Waals surface area (Å²) < 4.78 is 0. The van der Waals surface area contributed by atoms with Gasteiger partial charge in [0.2, 0.25) is 11.8 Å². The predicted octanol–water partition coefficient (Wildman–Crippen LogP) is 1.21. The van der Waals surface area contributed by atoms with E-state index in [4.69, 9.17) is 0 Å². The van der Waals surface area contributed by atoms with Gasteiger partial charge < -0.3 is 10.2 Å². The van der Waals surface area contributed by atoms with Crippen LogP contribution in [0.2, 0.25) is 0 Å². The summed E-state index contributed by atoms with van der Waals surface area (Å²) in [5, 5.41) is 3.37. The Kier molecular flexibility index (Phi) is 5.45. The van der Waals surface area contributed by atoms with Gasteiger partial charge in [-0.05, 0) is 5.92 Å². The molecule has 1 N–H and O–H groups in total. The van der Waals surface area contributed by atoms with Crippen LogP contribution in [0.3, 0.4) is 0 Å². The lowest BCUT2D eigenvalue weighted by Crippen LogP contribution is -2.49. The maximum Gasteiger partial charge on any atom is 0.245 e. The molecule has 6 heteroatoms. The van der Waals surface area contributed by atoms with Gasteiger partial charge in [0.1, 0.15) is 6.04 Å². The van der Waals surface area contributed by atoms with Gasteiger partial charge in [0.25, 0.3) is 0 Å². The average Bonchev–Trinajstić information content (AvgIpc) is 2.53. The molecule has 2 aliphatic heterocycles. The van der Waals surface area contributed by atoms with E-state index in [1.165, 1.54) is 11.5 Å². The Morgan fingerprint density at radius 2 is 2.16 bits per heavy atom. The van der Waals surface area contributed by atoms with E-state index >= 15 is 0 Å². The lowest BCUT2D eigenvalue weighted by Gasteiger charge is -2.30. The summed E-state index contributed by atoms with van der Waals surface area (Å²) in [7, 11) is 0. The van der Waals surface area contributed by atoms with Crippen LogP contribution < -0.4 is 5.32 Å². The molecular formula is C13H22N2O2S2. The molecule has 4 nitrogen and oxygen atoms in total. The fourth-order valence-electron chi connectivity index (χ4n) is 2.37. The highest BCUT2D eigenvalue weighted by Crippen LogP contribution is 2.25. The molecule has 0 saturated carbocycles. The highest BCUT2D eigenvalue weighted by Gasteiger charge is 2.33. The monoisotopic (exact) mass is 302 g/mol. The SMILES string of the molecule is CC(C)C1NC(=O)CCN(CC2CSCCS2)C1=O. The van der Waals surface area contributed by atoms with Gasteiger partial charge in [0.05, 0.1) is 0 Å². The van der Waals surface area contributed by atoms with Crippen molar-refractivity contribution in [3.05, 3.63) is 0 Å². The summed E-state index contributed by atoms with van der Waals surface area (Å²) in [6.45, 7) is 5.32. The molecule has 0 aromatic carbocycles. The van der Waals surface area contributed by atoms with E-state index in [-0.39, 0.29) is 23.8 Å². The maximum atomic E-state index is 12.5. The first-order valence-electron chi connectivity index (χ1n) is 6.85. The molecule has 2 heterocycles. The van der Waals surface area contributed by atoms with Crippen LogP contribution in [0.4, 0.5) is 0 Å². The van der Waals surface area contributed by atoms with Crippen molar-refractivity contribution in [2.45, 2.75) is 31.6 Å². The van der Waals surface area contributed by atoms with Gasteiger partial charge in [-0.2, -0.15) is 23.5 Å². The molecule has 2 rings (SSSR count). The summed E-state index contributed by atoms with van der Waals surface area (Å²) in [4.78, 5) is 26.1. The Bertz CT molecular complexity index is 344. The Hall–Kier alpha value is -0.360. The van der Waals surface area contributed by atoms with Gasteiger partial charge in [-0.1, -0.05) is 13.8 Å². The van der Waals surface area contributed by atoms with E-state index in [1.54, 1.807) is 0 Å². The Morgan fingerprint density at radius 1 is 1.37 bits per heavy atom. The summed E-state index contributed by atoms with van der Waals surface area (Å²) in [6.07, 6.45) is 0.430. The second kappa shape index (κ2) is 6.88. The molecule has 0 aliphatic carbocycles. The average molecular weight is 302 g/mol. The van der Waals surface area contributed by atoms with Crippen LogP contribution in [0.1, 0.15) is 20.3 Å². The van der Waals surface area contributed by atoms with Gasteiger partial charge in [-0.3, -0.25) is 9.59 Å². The smallest absolute Gasteiger partial charge is 0.245 e. The van der Waals surface area contributed by atoms with Crippen molar-refractivity contribution >= 4 is 35.3 Å². The molecule has 0 bridgehead atoms. The normalized spacial score (nSPS) is 29.3. The zero-order chi connectivity index (χ0) is 13.8. The van der Waals surface area contributed by atoms with Crippen molar-refractivity contribution in [1.82, 2.24) is 10.2 Å². The molecule has 2 atom stereocenters. The molecule has 2 unspecified atom stereocenters. The minimum Gasteiger partial charge on any atom is -0.344 e. The molecule has 19 heavy (non-hydrogen) atoms. The van der Waals surface area contributed by atoms with Crippen molar-refractivity contribution in [1.29, 1.82) is 0 Å². The molecule has 2 fully saturated rings. The summed E-state index contributed by atoms with van der Waals surface area (Å²) in [6, 6.07) is -0.351. The van der Waals surface area contributed by atoms with E-state index in [0.717, 1.165) is 12.3 Å². The predicted molar refractivity (Wildman–Crippen MR) is 81.5 cm³/mol. The number of nitrogens with one attached hydrogen (secondary N) is 1. The van der Waals surface area contributed by atoms with Gasteiger partial charge >= 0.3 is 0 Å². The number of hydrogen-bond donors (Lipinski definition) is 1. The maximum absolute atomic E-state index is 12.5. The molecule has 2 amide bonds. The highest BCUT2D eigenvalue weighted by molar-refractivity contribution is 8.06. The van der Waals surface area contributed by atoms with Crippen molar-refractivity contribution in [3.8, 4) is 0 Å². The van der Waals surface area contributed by atoms with Gasteiger partial charge in [0.15, 0.2) is 0 Å². The third-order valence-electron chi connectivity index (χ3n) is 3.48. The number of hydrogen-bond acceptors (Lipinski definition) is 4. The van der Waals surface area contributed by atoms with Crippen LogP contribution in [0.5, 0.6) is 0 Å². The lowest BCUT2D eigenvalue weighted by molar-refractivity contribution is -0.134.